The van der Waals surface area contributed by atoms with Crippen LogP contribution < -0.4 is 0 Å². The smallest absolute Gasteiger partial charge is 0.0785 e. The first-order valence-corrected chi connectivity index (χ1v) is 13.7. The molecular weight excluding hydrogens is 355 g/mol. The van der Waals surface area contributed by atoms with Crippen LogP contribution >= 0.6 is 0 Å². The Bertz CT molecular complexity index is 25.5. The summed E-state index contributed by atoms with van der Waals surface area (Å²) in [6.07, 6.45) is 6.72. The average Bonchev–Trinajstić information content (AvgIpc) is 2.92. The summed E-state index contributed by atoms with van der Waals surface area (Å²) >= 11 is 0. The Kier molecular flexibility index (Phi) is 2260. The summed E-state index contributed by atoms with van der Waals surface area (Å²) in [4.78, 5) is 0. The third-order valence-electron chi connectivity index (χ3n) is 1.21. The molecular formula is C28H79F. The third kappa shape index (κ3) is 2190. The molecule has 29 heavy (non-hydrogen) atoms. The van der Waals surface area contributed by atoms with Crippen molar-refractivity contribution in [1.29, 1.82) is 0 Å². The summed E-state index contributed by atoms with van der Waals surface area (Å²) < 4.78 is 9.50. The lowest BCUT2D eigenvalue weighted by Gasteiger charge is -1.79. The highest BCUT2D eigenvalue weighted by molar-refractivity contribution is 4.24. The van der Waals surface area contributed by atoms with Crippen LogP contribution in [0.1, 0.15) is 184 Å². The molecule has 0 radical (unpaired) electrons. The van der Waals surface area contributed by atoms with Crippen molar-refractivity contribution in [2.75, 3.05) is 7.18 Å². The minimum atomic E-state index is 0.500. The first kappa shape index (κ1) is 78.7. The SMILES string of the molecule is CC.CC.CC.CC.CC.CC.CC.CC.CC.CCCC.CCCCC.CF. The number of rotatable bonds is 3. The van der Waals surface area contributed by atoms with Crippen LogP contribution in [0, 0.1) is 0 Å². The second-order valence-corrected chi connectivity index (χ2v) is 2.35. The van der Waals surface area contributed by atoms with Crippen LogP contribution in [0.15, 0.2) is 0 Å². The van der Waals surface area contributed by atoms with Crippen molar-refractivity contribution >= 4 is 0 Å². The highest BCUT2D eigenvalue weighted by atomic mass is 19.1. The molecule has 0 heterocycles. The molecule has 1 heteroatoms. The molecule has 0 aliphatic carbocycles. The van der Waals surface area contributed by atoms with E-state index in [0.717, 1.165) is 0 Å². The lowest BCUT2D eigenvalue weighted by molar-refractivity contribution is 0.636. The molecule has 0 atom stereocenters. The van der Waals surface area contributed by atoms with Crippen molar-refractivity contribution in [3.8, 4) is 0 Å². The quantitative estimate of drug-likeness (QED) is 0.414. The normalized spacial score (nSPS) is 4.55. The highest BCUT2D eigenvalue weighted by Crippen LogP contribution is 1.88. The lowest BCUT2D eigenvalue weighted by atomic mass is 10.3. The Hall–Kier alpha value is -0.0700. The standard InChI is InChI=1S/C5H12.C4H10.9C2H6.CH3F/c1-3-5-4-2;1-3-4-2;10*1-2/h3-5H2,1-2H3;3-4H2,1-2H3;9*1-2H3;1H3. The predicted molar refractivity (Wildman–Crippen MR) is 155 cm³/mol. The summed E-state index contributed by atoms with van der Waals surface area (Å²) in [6, 6.07) is 0. The van der Waals surface area contributed by atoms with Crippen LogP contribution in [0.3, 0.4) is 0 Å². The summed E-state index contributed by atoms with van der Waals surface area (Å²) in [5.74, 6) is 0. The number of unbranched alkanes of at least 4 members (excludes halogenated alkanes) is 3. The molecule has 0 aliphatic heterocycles. The molecule has 0 fully saturated rings. The molecule has 0 N–H and O–H groups in total. The van der Waals surface area contributed by atoms with Crippen LogP contribution in [0.2, 0.25) is 0 Å². The minimum absolute atomic E-state index is 0.500. The fraction of sp³-hybridized carbons (Fsp3) is 1.00. The van der Waals surface area contributed by atoms with Crippen LogP contribution in [-0.2, 0) is 0 Å². The zero-order chi connectivity index (χ0) is 27.5. The van der Waals surface area contributed by atoms with E-state index in [4.69, 9.17) is 0 Å². The number of hydrogen-bond acceptors (Lipinski definition) is 0. The maximum atomic E-state index is 9.50. The average molecular weight is 435 g/mol. The van der Waals surface area contributed by atoms with Gasteiger partial charge in [-0.05, 0) is 0 Å². The van der Waals surface area contributed by atoms with Crippen molar-refractivity contribution in [2.24, 2.45) is 0 Å². The predicted octanol–water partition coefficient (Wildman–Crippen LogP) is 13.8. The largest absolute Gasteiger partial charge is 0.255 e. The topological polar surface area (TPSA) is 0 Å². The van der Waals surface area contributed by atoms with Gasteiger partial charge in [0.05, 0.1) is 7.18 Å². The number of hydrogen-bond donors (Lipinski definition) is 0. The molecule has 0 aromatic rings. The number of halogens is 1. The van der Waals surface area contributed by atoms with Crippen molar-refractivity contribution in [3.05, 3.63) is 0 Å². The van der Waals surface area contributed by atoms with Gasteiger partial charge in [-0.25, -0.2) is 0 Å². The van der Waals surface area contributed by atoms with E-state index in [2.05, 4.69) is 27.7 Å². The van der Waals surface area contributed by atoms with Gasteiger partial charge in [-0.2, -0.15) is 0 Å². The highest BCUT2D eigenvalue weighted by Gasteiger charge is 1.68. The minimum Gasteiger partial charge on any atom is -0.255 e. The Balaban J connectivity index is -0.0000000112. The van der Waals surface area contributed by atoms with E-state index in [1.807, 2.05) is 125 Å². The van der Waals surface area contributed by atoms with Gasteiger partial charge in [0, 0.05) is 0 Å². The fourth-order valence-electron chi connectivity index (χ4n) is 0.354. The second kappa shape index (κ2) is 833. The summed E-state index contributed by atoms with van der Waals surface area (Å²) in [7, 11) is 0.500. The van der Waals surface area contributed by atoms with Crippen LogP contribution in [0.4, 0.5) is 4.39 Å². The zero-order valence-electron chi connectivity index (χ0n) is 26.9. The molecule has 0 bridgehead atoms. The molecule has 0 amide bonds. The molecule has 198 valence electrons. The van der Waals surface area contributed by atoms with E-state index in [1.54, 1.807) is 0 Å². The Labute approximate surface area is 196 Å². The van der Waals surface area contributed by atoms with Crippen molar-refractivity contribution in [2.45, 2.75) is 184 Å². The van der Waals surface area contributed by atoms with Gasteiger partial charge in [0.15, 0.2) is 0 Å². The van der Waals surface area contributed by atoms with Gasteiger partial charge in [-0.1, -0.05) is 184 Å². The van der Waals surface area contributed by atoms with E-state index in [1.165, 1.54) is 32.1 Å². The Morgan fingerprint density at radius 1 is 0.276 bits per heavy atom. The summed E-state index contributed by atoms with van der Waals surface area (Å²) in [6.45, 7) is 44.8. The molecule has 0 unspecified atom stereocenters. The maximum absolute atomic E-state index is 9.50. The molecule has 0 aromatic heterocycles. The van der Waals surface area contributed by atoms with Gasteiger partial charge >= 0.3 is 0 Å². The van der Waals surface area contributed by atoms with E-state index >= 15 is 0 Å². The van der Waals surface area contributed by atoms with Gasteiger partial charge in [-0.3, -0.25) is 4.39 Å². The molecule has 0 rings (SSSR count). The maximum Gasteiger partial charge on any atom is 0.0785 e. The number of alkyl halides is 1. The molecule has 0 saturated carbocycles. The summed E-state index contributed by atoms with van der Waals surface area (Å²) in [5, 5.41) is 0. The second-order valence-electron chi connectivity index (χ2n) is 2.35. The molecule has 0 aromatic carbocycles. The monoisotopic (exact) mass is 435 g/mol. The summed E-state index contributed by atoms with van der Waals surface area (Å²) in [5.41, 5.74) is 0. The van der Waals surface area contributed by atoms with Crippen molar-refractivity contribution in [1.82, 2.24) is 0 Å². The van der Waals surface area contributed by atoms with Gasteiger partial charge in [0.2, 0.25) is 0 Å². The Morgan fingerprint density at radius 2 is 0.379 bits per heavy atom. The first-order chi connectivity index (χ1) is 14.3. The van der Waals surface area contributed by atoms with E-state index in [-0.39, 0.29) is 0 Å². The van der Waals surface area contributed by atoms with Gasteiger partial charge in [0.1, 0.15) is 0 Å². The first-order valence-electron chi connectivity index (χ1n) is 13.7. The third-order valence-corrected chi connectivity index (χ3v) is 1.21. The van der Waals surface area contributed by atoms with E-state index in [9.17, 15) is 4.39 Å². The van der Waals surface area contributed by atoms with E-state index < -0.39 is 0 Å². The molecule has 0 spiro atoms. The van der Waals surface area contributed by atoms with Crippen LogP contribution in [0.25, 0.3) is 0 Å². The fourth-order valence-corrected chi connectivity index (χ4v) is 0.354. The molecule has 0 aliphatic rings. The van der Waals surface area contributed by atoms with Crippen LogP contribution in [-0.4, -0.2) is 7.18 Å². The Morgan fingerprint density at radius 3 is 0.379 bits per heavy atom. The lowest BCUT2D eigenvalue weighted by Crippen LogP contribution is -1.59. The van der Waals surface area contributed by atoms with E-state index in [0.29, 0.717) is 7.18 Å². The van der Waals surface area contributed by atoms with Crippen molar-refractivity contribution in [3.63, 3.8) is 0 Å². The molecule has 0 saturated heterocycles. The molecule has 0 nitrogen and oxygen atoms in total. The van der Waals surface area contributed by atoms with Crippen LogP contribution in [0.5, 0.6) is 0 Å². The van der Waals surface area contributed by atoms with Gasteiger partial charge in [-0.15, -0.1) is 0 Å². The zero-order valence-corrected chi connectivity index (χ0v) is 26.9. The van der Waals surface area contributed by atoms with Gasteiger partial charge < -0.3 is 0 Å². The van der Waals surface area contributed by atoms with Gasteiger partial charge in [0.25, 0.3) is 0 Å². The van der Waals surface area contributed by atoms with Crippen molar-refractivity contribution < 1.29 is 4.39 Å².